The predicted molar refractivity (Wildman–Crippen MR) is 59.6 cm³/mol. The predicted octanol–water partition coefficient (Wildman–Crippen LogP) is 2.33. The Morgan fingerprint density at radius 1 is 1.38 bits per heavy atom. The van der Waals surface area contributed by atoms with Crippen LogP contribution in [0.15, 0.2) is 18.2 Å². The van der Waals surface area contributed by atoms with Gasteiger partial charge in [0.15, 0.2) is 0 Å². The maximum Gasteiger partial charge on any atom is 0.0423 e. The normalized spacial score (nSPS) is 8.23. The van der Waals surface area contributed by atoms with Crippen molar-refractivity contribution in [2.24, 2.45) is 0 Å². The van der Waals surface area contributed by atoms with Crippen molar-refractivity contribution in [3.8, 4) is 0 Å². The molecule has 1 aromatic carbocycles. The highest BCUT2D eigenvalue weighted by atomic mass is 14.8. The summed E-state index contributed by atoms with van der Waals surface area (Å²) in [6.07, 6.45) is 1.24. The van der Waals surface area contributed by atoms with Gasteiger partial charge >= 0.3 is 0 Å². The second-order valence-electron chi connectivity index (χ2n) is 2.24. The summed E-state index contributed by atoms with van der Waals surface area (Å²) in [5.41, 5.74) is 7.97. The first kappa shape index (κ1) is 11.5. The molecule has 3 heteroatoms. The lowest BCUT2D eigenvalue weighted by Gasteiger charge is -2.02. The molecule has 0 spiro atoms. The molecule has 72 valence electrons. The lowest BCUT2D eigenvalue weighted by atomic mass is 10.2. The minimum Gasteiger partial charge on any atom is -0.398 e. The van der Waals surface area contributed by atoms with Crippen molar-refractivity contribution in [1.29, 1.82) is 5.41 Å². The third-order valence-electron chi connectivity index (χ3n) is 1.53. The van der Waals surface area contributed by atoms with Crippen molar-refractivity contribution in [3.63, 3.8) is 0 Å². The van der Waals surface area contributed by atoms with Gasteiger partial charge in [-0.3, -0.25) is 0 Å². The van der Waals surface area contributed by atoms with Gasteiger partial charge in [0, 0.05) is 30.2 Å². The molecular weight excluding hydrogens is 162 g/mol. The Morgan fingerprint density at radius 2 is 2.00 bits per heavy atom. The fourth-order valence-electron chi connectivity index (χ4n) is 0.862. The van der Waals surface area contributed by atoms with Crippen LogP contribution in [0.3, 0.4) is 0 Å². The van der Waals surface area contributed by atoms with Crippen LogP contribution < -0.4 is 11.1 Å². The molecule has 1 aromatic rings. The monoisotopic (exact) mass is 179 g/mol. The molecule has 0 atom stereocenters. The van der Waals surface area contributed by atoms with E-state index in [-0.39, 0.29) is 0 Å². The van der Waals surface area contributed by atoms with Gasteiger partial charge in [0.2, 0.25) is 0 Å². The van der Waals surface area contributed by atoms with Crippen LogP contribution in [0, 0.1) is 5.41 Å². The van der Waals surface area contributed by atoms with Crippen molar-refractivity contribution in [3.05, 3.63) is 23.8 Å². The second-order valence-corrected chi connectivity index (χ2v) is 2.24. The summed E-state index contributed by atoms with van der Waals surface area (Å²) in [6, 6.07) is 5.51. The van der Waals surface area contributed by atoms with E-state index in [4.69, 9.17) is 11.1 Å². The largest absolute Gasteiger partial charge is 0.398 e. The van der Waals surface area contributed by atoms with Gasteiger partial charge in [0.1, 0.15) is 0 Å². The number of nitrogens with one attached hydrogen (secondary N) is 2. The van der Waals surface area contributed by atoms with E-state index in [2.05, 4.69) is 5.32 Å². The molecule has 0 aliphatic heterocycles. The van der Waals surface area contributed by atoms with E-state index >= 15 is 0 Å². The van der Waals surface area contributed by atoms with E-state index in [9.17, 15) is 0 Å². The first-order valence-corrected chi connectivity index (χ1v) is 4.35. The number of benzene rings is 1. The lowest BCUT2D eigenvalue weighted by Crippen LogP contribution is -1.95. The van der Waals surface area contributed by atoms with Crippen LogP contribution in [0.4, 0.5) is 11.4 Å². The quantitative estimate of drug-likeness (QED) is 0.482. The van der Waals surface area contributed by atoms with Crippen molar-refractivity contribution in [2.75, 3.05) is 18.1 Å². The van der Waals surface area contributed by atoms with E-state index < -0.39 is 0 Å². The van der Waals surface area contributed by atoms with Crippen molar-refractivity contribution in [1.82, 2.24) is 0 Å². The zero-order valence-corrected chi connectivity index (χ0v) is 8.39. The Morgan fingerprint density at radius 3 is 2.38 bits per heavy atom. The molecule has 0 aliphatic carbocycles. The van der Waals surface area contributed by atoms with Crippen LogP contribution >= 0.6 is 0 Å². The molecule has 0 aliphatic rings. The van der Waals surface area contributed by atoms with Gasteiger partial charge in [-0.05, 0) is 18.2 Å². The molecule has 13 heavy (non-hydrogen) atoms. The van der Waals surface area contributed by atoms with Gasteiger partial charge in [0.25, 0.3) is 0 Å². The molecule has 0 heterocycles. The molecule has 0 fully saturated rings. The zero-order chi connectivity index (χ0) is 10.3. The minimum absolute atomic E-state index is 0.631. The second kappa shape index (κ2) is 6.06. The van der Waals surface area contributed by atoms with Crippen molar-refractivity contribution < 1.29 is 0 Å². The van der Waals surface area contributed by atoms with E-state index in [1.807, 2.05) is 33.0 Å². The summed E-state index contributed by atoms with van der Waals surface area (Å²) >= 11 is 0. The molecule has 0 bridgehead atoms. The van der Waals surface area contributed by atoms with Crippen molar-refractivity contribution >= 4 is 17.6 Å². The first-order chi connectivity index (χ1) is 6.27. The van der Waals surface area contributed by atoms with E-state index in [1.54, 1.807) is 6.07 Å². The Hall–Kier alpha value is -1.51. The molecule has 4 N–H and O–H groups in total. The van der Waals surface area contributed by atoms with E-state index in [0.29, 0.717) is 5.69 Å². The van der Waals surface area contributed by atoms with Crippen molar-refractivity contribution in [2.45, 2.75) is 13.8 Å². The summed E-state index contributed by atoms with van der Waals surface area (Å²) in [5, 5.41) is 9.95. The molecular formula is C10H17N3. The Kier molecular flexibility index (Phi) is 5.35. The number of anilines is 2. The number of hydrogen-bond acceptors (Lipinski definition) is 3. The standard InChI is InChI=1S/C8H11N3.C2H6/c1-11-7-3-2-6(5-9)8(10)4-7;1-2/h2-5,9,11H,10H2,1H3;1-2H3. The topological polar surface area (TPSA) is 61.9 Å². The van der Waals surface area contributed by atoms with Gasteiger partial charge in [0.05, 0.1) is 0 Å². The Bertz CT molecular complexity index is 269. The highest BCUT2D eigenvalue weighted by Crippen LogP contribution is 2.15. The van der Waals surface area contributed by atoms with Crippen LogP contribution in [0.1, 0.15) is 19.4 Å². The first-order valence-electron chi connectivity index (χ1n) is 4.35. The smallest absolute Gasteiger partial charge is 0.0423 e. The third kappa shape index (κ3) is 3.15. The average molecular weight is 179 g/mol. The Balaban J connectivity index is 0.000000671. The van der Waals surface area contributed by atoms with Gasteiger partial charge in [-0.25, -0.2) is 0 Å². The summed E-state index contributed by atoms with van der Waals surface area (Å²) in [4.78, 5) is 0. The summed E-state index contributed by atoms with van der Waals surface area (Å²) in [6.45, 7) is 4.00. The number of nitrogens with two attached hydrogens (primary N) is 1. The molecule has 0 saturated carbocycles. The van der Waals surface area contributed by atoms with Crippen LogP contribution in [0.2, 0.25) is 0 Å². The number of rotatable bonds is 2. The average Bonchev–Trinajstić information content (AvgIpc) is 2.20. The fourth-order valence-corrected chi connectivity index (χ4v) is 0.862. The highest BCUT2D eigenvalue weighted by molar-refractivity contribution is 5.86. The van der Waals surface area contributed by atoms with Crippen LogP contribution in [-0.2, 0) is 0 Å². The third-order valence-corrected chi connectivity index (χ3v) is 1.53. The van der Waals surface area contributed by atoms with E-state index in [0.717, 1.165) is 11.3 Å². The SMILES string of the molecule is CC.CNc1ccc(C=N)c(N)c1. The molecule has 0 amide bonds. The summed E-state index contributed by atoms with van der Waals surface area (Å²) in [5.74, 6) is 0. The van der Waals surface area contributed by atoms with Crippen LogP contribution in [-0.4, -0.2) is 13.3 Å². The molecule has 0 saturated heterocycles. The molecule has 3 nitrogen and oxygen atoms in total. The summed E-state index contributed by atoms with van der Waals surface area (Å²) in [7, 11) is 1.83. The molecule has 1 rings (SSSR count). The highest BCUT2D eigenvalue weighted by Gasteiger charge is 1.95. The minimum atomic E-state index is 0.631. The number of hydrogen-bond donors (Lipinski definition) is 3. The van der Waals surface area contributed by atoms with Gasteiger partial charge in [-0.15, -0.1) is 0 Å². The van der Waals surface area contributed by atoms with Gasteiger partial charge in [-0.2, -0.15) is 0 Å². The maximum atomic E-state index is 6.99. The van der Waals surface area contributed by atoms with Crippen LogP contribution in [0.25, 0.3) is 0 Å². The molecule has 0 aromatic heterocycles. The van der Waals surface area contributed by atoms with E-state index in [1.165, 1.54) is 6.21 Å². The fraction of sp³-hybridized carbons (Fsp3) is 0.300. The maximum absolute atomic E-state index is 6.99. The zero-order valence-electron chi connectivity index (χ0n) is 8.39. The van der Waals surface area contributed by atoms with Crippen LogP contribution in [0.5, 0.6) is 0 Å². The molecule has 0 radical (unpaired) electrons. The van der Waals surface area contributed by atoms with Gasteiger partial charge in [-0.1, -0.05) is 13.8 Å². The lowest BCUT2D eigenvalue weighted by molar-refractivity contribution is 1.49. The number of nitrogen functional groups attached to an aromatic ring is 1. The Labute approximate surface area is 79.5 Å². The van der Waals surface area contributed by atoms with Gasteiger partial charge < -0.3 is 16.5 Å². The summed E-state index contributed by atoms with van der Waals surface area (Å²) < 4.78 is 0. The molecule has 0 unspecified atom stereocenters.